The molecule has 0 saturated heterocycles. The Hall–Kier alpha value is -2.72. The number of thiazole rings is 1. The summed E-state index contributed by atoms with van der Waals surface area (Å²) in [6.45, 7) is 2.01. The molecule has 1 amide bonds. The molecule has 1 aromatic heterocycles. The lowest BCUT2D eigenvalue weighted by molar-refractivity contribution is -0.111. The molecule has 0 aliphatic rings. The average molecular weight is 320 g/mol. The quantitative estimate of drug-likeness (QED) is 0.704. The van der Waals surface area contributed by atoms with Crippen LogP contribution >= 0.6 is 11.3 Å². The highest BCUT2D eigenvalue weighted by Gasteiger charge is 2.10. The van der Waals surface area contributed by atoms with E-state index in [2.05, 4.69) is 10.3 Å². The lowest BCUT2D eigenvalue weighted by atomic mass is 10.1. The third kappa shape index (κ3) is 3.93. The number of hydrogen-bond donors (Lipinski definition) is 1. The van der Waals surface area contributed by atoms with Crippen molar-refractivity contribution in [3.63, 3.8) is 0 Å². The van der Waals surface area contributed by atoms with E-state index in [-0.39, 0.29) is 5.91 Å². The minimum atomic E-state index is -0.179. The molecule has 2 aromatic carbocycles. The number of benzene rings is 2. The average Bonchev–Trinajstić information content (AvgIpc) is 2.95. The summed E-state index contributed by atoms with van der Waals surface area (Å²) in [5.74, 6) is -0.179. The molecule has 3 aromatic rings. The molecule has 0 radical (unpaired) electrons. The molecular weight excluding hydrogens is 304 g/mol. The van der Waals surface area contributed by atoms with Crippen molar-refractivity contribution in [1.29, 1.82) is 0 Å². The lowest BCUT2D eigenvalue weighted by Crippen LogP contribution is -2.07. The SMILES string of the molecule is Cc1sc(NC(=O)/C=C\c2ccccc2)nc1-c1ccccc1. The van der Waals surface area contributed by atoms with Crippen molar-refractivity contribution in [3.8, 4) is 11.3 Å². The Balaban J connectivity index is 1.71. The number of anilines is 1. The van der Waals surface area contributed by atoms with E-state index in [0.717, 1.165) is 21.7 Å². The number of aryl methyl sites for hydroxylation is 1. The van der Waals surface area contributed by atoms with E-state index in [0.29, 0.717) is 5.13 Å². The first-order chi connectivity index (χ1) is 11.2. The molecule has 0 unspecified atom stereocenters. The zero-order valence-corrected chi connectivity index (χ0v) is 13.5. The van der Waals surface area contributed by atoms with Crippen molar-refractivity contribution in [2.24, 2.45) is 0 Å². The van der Waals surface area contributed by atoms with Gasteiger partial charge in [-0.1, -0.05) is 60.7 Å². The third-order valence-electron chi connectivity index (χ3n) is 3.30. The number of nitrogens with one attached hydrogen (secondary N) is 1. The zero-order chi connectivity index (χ0) is 16.1. The number of aromatic nitrogens is 1. The molecule has 0 bridgehead atoms. The van der Waals surface area contributed by atoms with E-state index in [1.165, 1.54) is 17.4 Å². The van der Waals surface area contributed by atoms with E-state index in [4.69, 9.17) is 0 Å². The van der Waals surface area contributed by atoms with Gasteiger partial charge in [0, 0.05) is 16.5 Å². The molecule has 3 rings (SSSR count). The maximum atomic E-state index is 12.0. The Morgan fingerprint density at radius 3 is 2.39 bits per heavy atom. The maximum absolute atomic E-state index is 12.0. The van der Waals surface area contributed by atoms with Gasteiger partial charge in [-0.15, -0.1) is 11.3 Å². The molecule has 0 atom stereocenters. The van der Waals surface area contributed by atoms with Crippen LogP contribution in [0.2, 0.25) is 0 Å². The molecule has 0 saturated carbocycles. The molecule has 0 aliphatic carbocycles. The Morgan fingerprint density at radius 1 is 1.04 bits per heavy atom. The van der Waals surface area contributed by atoms with Gasteiger partial charge in [0.1, 0.15) is 0 Å². The van der Waals surface area contributed by atoms with Gasteiger partial charge in [0.15, 0.2) is 5.13 Å². The zero-order valence-electron chi connectivity index (χ0n) is 12.7. The highest BCUT2D eigenvalue weighted by molar-refractivity contribution is 7.16. The van der Waals surface area contributed by atoms with Crippen LogP contribution in [0.5, 0.6) is 0 Å². The molecule has 4 heteroatoms. The van der Waals surface area contributed by atoms with Gasteiger partial charge in [0.2, 0.25) is 5.91 Å². The van der Waals surface area contributed by atoms with Gasteiger partial charge in [-0.25, -0.2) is 4.98 Å². The molecule has 0 spiro atoms. The van der Waals surface area contributed by atoms with E-state index in [1.807, 2.05) is 67.6 Å². The van der Waals surface area contributed by atoms with Crippen LogP contribution < -0.4 is 5.32 Å². The van der Waals surface area contributed by atoms with Gasteiger partial charge in [0.25, 0.3) is 0 Å². The Labute approximate surface area is 139 Å². The van der Waals surface area contributed by atoms with Crippen molar-refractivity contribution in [2.75, 3.05) is 5.32 Å². The molecule has 23 heavy (non-hydrogen) atoms. The van der Waals surface area contributed by atoms with Crippen molar-refractivity contribution in [3.05, 3.63) is 77.2 Å². The van der Waals surface area contributed by atoms with E-state index in [1.54, 1.807) is 6.08 Å². The molecule has 1 heterocycles. The number of carbonyl (C=O) groups excluding carboxylic acids is 1. The predicted octanol–water partition coefficient (Wildman–Crippen LogP) is 4.77. The second-order valence-electron chi connectivity index (χ2n) is 5.02. The van der Waals surface area contributed by atoms with Crippen LogP contribution in [0.3, 0.4) is 0 Å². The third-order valence-corrected chi connectivity index (χ3v) is 4.19. The highest BCUT2D eigenvalue weighted by Crippen LogP contribution is 2.30. The van der Waals surface area contributed by atoms with E-state index < -0.39 is 0 Å². The predicted molar refractivity (Wildman–Crippen MR) is 96.4 cm³/mol. The number of amides is 1. The fourth-order valence-electron chi connectivity index (χ4n) is 2.20. The van der Waals surface area contributed by atoms with Crippen LogP contribution in [-0.4, -0.2) is 10.9 Å². The van der Waals surface area contributed by atoms with E-state index in [9.17, 15) is 4.79 Å². The van der Waals surface area contributed by atoms with Crippen molar-refractivity contribution in [2.45, 2.75) is 6.92 Å². The normalized spacial score (nSPS) is 10.8. The highest BCUT2D eigenvalue weighted by atomic mass is 32.1. The molecule has 0 aliphatic heterocycles. The van der Waals surface area contributed by atoms with Crippen molar-refractivity contribution in [1.82, 2.24) is 4.98 Å². The smallest absolute Gasteiger partial charge is 0.250 e. The molecule has 114 valence electrons. The number of hydrogen-bond acceptors (Lipinski definition) is 3. The summed E-state index contributed by atoms with van der Waals surface area (Å²) in [5, 5.41) is 3.44. The minimum Gasteiger partial charge on any atom is -0.298 e. The summed E-state index contributed by atoms with van der Waals surface area (Å²) < 4.78 is 0. The fourth-order valence-corrected chi connectivity index (χ4v) is 3.04. The first-order valence-corrected chi connectivity index (χ1v) is 8.11. The van der Waals surface area contributed by atoms with Crippen LogP contribution in [0.25, 0.3) is 17.3 Å². The lowest BCUT2D eigenvalue weighted by Gasteiger charge is -1.97. The Bertz CT molecular complexity index is 823. The summed E-state index contributed by atoms with van der Waals surface area (Å²) >= 11 is 1.48. The molecule has 3 nitrogen and oxygen atoms in total. The monoisotopic (exact) mass is 320 g/mol. The van der Waals surface area contributed by atoms with Crippen molar-refractivity contribution < 1.29 is 4.79 Å². The number of carbonyl (C=O) groups is 1. The second-order valence-corrected chi connectivity index (χ2v) is 6.23. The topological polar surface area (TPSA) is 42.0 Å². The number of rotatable bonds is 4. The first-order valence-electron chi connectivity index (χ1n) is 7.29. The maximum Gasteiger partial charge on any atom is 0.250 e. The summed E-state index contributed by atoms with van der Waals surface area (Å²) in [5.41, 5.74) is 2.96. The van der Waals surface area contributed by atoms with Gasteiger partial charge in [-0.2, -0.15) is 0 Å². The van der Waals surface area contributed by atoms with Crippen molar-refractivity contribution >= 4 is 28.5 Å². The van der Waals surface area contributed by atoms with Crippen LogP contribution in [0.4, 0.5) is 5.13 Å². The van der Waals surface area contributed by atoms with Crippen LogP contribution in [-0.2, 0) is 4.79 Å². The van der Waals surface area contributed by atoms with Gasteiger partial charge >= 0.3 is 0 Å². The van der Waals surface area contributed by atoms with Crippen LogP contribution in [0.1, 0.15) is 10.4 Å². The van der Waals surface area contributed by atoms with Crippen LogP contribution in [0, 0.1) is 6.92 Å². The summed E-state index contributed by atoms with van der Waals surface area (Å²) in [4.78, 5) is 17.6. The molecule has 0 fully saturated rings. The van der Waals surface area contributed by atoms with Gasteiger partial charge < -0.3 is 0 Å². The van der Waals surface area contributed by atoms with Gasteiger partial charge in [-0.3, -0.25) is 10.1 Å². The Kier molecular flexibility index (Phi) is 4.64. The largest absolute Gasteiger partial charge is 0.298 e. The first kappa shape index (κ1) is 15.2. The molecule has 1 N–H and O–H groups in total. The summed E-state index contributed by atoms with van der Waals surface area (Å²) in [6, 6.07) is 19.7. The fraction of sp³-hybridized carbons (Fsp3) is 0.0526. The standard InChI is InChI=1S/C19H16N2OS/c1-14-18(16-10-6-3-7-11-16)21-19(23-14)20-17(22)13-12-15-8-4-2-5-9-15/h2-13H,1H3,(H,20,21,22)/b13-12-. The van der Waals surface area contributed by atoms with E-state index >= 15 is 0 Å². The van der Waals surface area contributed by atoms with Gasteiger partial charge in [0.05, 0.1) is 5.69 Å². The minimum absolute atomic E-state index is 0.179. The number of nitrogens with zero attached hydrogens (tertiary/aromatic N) is 1. The van der Waals surface area contributed by atoms with Gasteiger partial charge in [-0.05, 0) is 18.6 Å². The van der Waals surface area contributed by atoms with Crippen LogP contribution in [0.15, 0.2) is 66.7 Å². The Morgan fingerprint density at radius 2 is 1.70 bits per heavy atom. The summed E-state index contributed by atoms with van der Waals surface area (Å²) in [6.07, 6.45) is 3.31. The molecular formula is C19H16N2OS. The summed E-state index contributed by atoms with van der Waals surface area (Å²) in [7, 11) is 0. The second kappa shape index (κ2) is 7.03.